The number of primary sulfonamides is 1. The number of rotatable bonds is 6. The molecule has 0 spiro atoms. The predicted molar refractivity (Wildman–Crippen MR) is 129 cm³/mol. The molecule has 0 aliphatic heterocycles. The molecule has 0 aliphatic rings. The molecule has 0 fully saturated rings. The number of sulfonamides is 1. The van der Waals surface area contributed by atoms with E-state index < -0.39 is 10.0 Å². The van der Waals surface area contributed by atoms with Gasteiger partial charge in [0.05, 0.1) is 16.1 Å². The maximum absolute atomic E-state index is 12.6. The highest BCUT2D eigenvalue weighted by molar-refractivity contribution is 7.89. The Morgan fingerprint density at radius 1 is 0.971 bits per heavy atom. The molecule has 0 atom stereocenters. The molecule has 0 saturated heterocycles. The first kappa shape index (κ1) is 23.0. The lowest BCUT2D eigenvalue weighted by atomic mass is 10.1. The number of nitrogens with zero attached hydrogens (tertiary/aromatic N) is 4. The van der Waals surface area contributed by atoms with Crippen molar-refractivity contribution < 1.29 is 18.0 Å². The Kier molecular flexibility index (Phi) is 6.10. The van der Waals surface area contributed by atoms with Crippen molar-refractivity contribution in [3.05, 3.63) is 89.8 Å². The van der Waals surface area contributed by atoms with Gasteiger partial charge in [0.2, 0.25) is 10.0 Å². The van der Waals surface area contributed by atoms with Gasteiger partial charge in [0.25, 0.3) is 5.91 Å². The summed E-state index contributed by atoms with van der Waals surface area (Å²) in [4.78, 5) is 31.4. The normalized spacial score (nSPS) is 11.7. The van der Waals surface area contributed by atoms with Gasteiger partial charge < -0.3 is 4.90 Å². The molecule has 2 aromatic heterocycles. The number of hydrogen-bond donors (Lipinski definition) is 1. The van der Waals surface area contributed by atoms with Crippen LogP contribution in [0.25, 0.3) is 17.0 Å². The molecule has 0 saturated carbocycles. The maximum atomic E-state index is 12.6. The Bertz CT molecular complexity index is 1540. The maximum Gasteiger partial charge on any atom is 0.278 e. The molecule has 0 aliphatic carbocycles. The highest BCUT2D eigenvalue weighted by Crippen LogP contribution is 2.18. The summed E-state index contributed by atoms with van der Waals surface area (Å²) in [5.41, 5.74) is 1.93. The highest BCUT2D eigenvalue weighted by atomic mass is 32.2. The van der Waals surface area contributed by atoms with Gasteiger partial charge in [-0.1, -0.05) is 18.2 Å². The summed E-state index contributed by atoms with van der Waals surface area (Å²) in [5.74, 6) is 0.116. The number of anilines is 1. The molecule has 172 valence electrons. The van der Waals surface area contributed by atoms with E-state index in [4.69, 9.17) is 5.14 Å². The third-order valence-electron chi connectivity index (χ3n) is 5.07. The number of pyridine rings is 1. The van der Waals surface area contributed by atoms with Crippen molar-refractivity contribution in [2.24, 2.45) is 5.14 Å². The smallest absolute Gasteiger partial charge is 0.278 e. The van der Waals surface area contributed by atoms with E-state index in [1.54, 1.807) is 65.7 Å². The quantitative estimate of drug-likeness (QED) is 0.335. The van der Waals surface area contributed by atoms with Gasteiger partial charge in [0.15, 0.2) is 11.6 Å². The molecule has 4 aromatic rings. The van der Waals surface area contributed by atoms with Crippen LogP contribution in [0.2, 0.25) is 0 Å². The lowest BCUT2D eigenvalue weighted by Crippen LogP contribution is -2.15. The lowest BCUT2D eigenvalue weighted by molar-refractivity contribution is 0.0944. The van der Waals surface area contributed by atoms with Gasteiger partial charge in [-0.3, -0.25) is 9.59 Å². The van der Waals surface area contributed by atoms with E-state index in [0.29, 0.717) is 33.5 Å². The van der Waals surface area contributed by atoms with E-state index in [1.165, 1.54) is 22.9 Å². The van der Waals surface area contributed by atoms with Crippen molar-refractivity contribution in [1.29, 1.82) is 0 Å². The molecule has 2 aromatic carbocycles. The van der Waals surface area contributed by atoms with E-state index in [-0.39, 0.29) is 16.6 Å². The molecule has 10 heteroatoms. The van der Waals surface area contributed by atoms with E-state index in [9.17, 15) is 18.0 Å². The SMILES string of the molecule is CN(C)c1ccn(C(=O)c2ccc(C(=O)C=Cc3ccc4cc(S(N)(=O)=O)ccc4n3)cc2)n1. The minimum atomic E-state index is -3.80. The zero-order valence-electron chi connectivity index (χ0n) is 18.4. The first-order valence-electron chi connectivity index (χ1n) is 10.2. The Morgan fingerprint density at radius 2 is 1.68 bits per heavy atom. The van der Waals surface area contributed by atoms with Gasteiger partial charge in [-0.05, 0) is 48.6 Å². The number of carbonyl (C=O) groups is 2. The Balaban J connectivity index is 1.48. The number of fused-ring (bicyclic) bond motifs is 1. The van der Waals surface area contributed by atoms with Crippen LogP contribution in [-0.2, 0) is 10.0 Å². The standard InChI is InChI=1S/C24H21N5O4S/c1-28(2)23-13-14-29(27-23)24(31)17-5-3-16(4-6-17)22(30)12-9-19-8-7-18-15-20(34(25,32)33)10-11-21(18)26-19/h3-15H,1-2H3,(H2,25,32,33). The molecule has 4 rings (SSSR count). The fourth-order valence-corrected chi connectivity index (χ4v) is 3.77. The second-order valence-electron chi connectivity index (χ2n) is 7.73. The Hall–Kier alpha value is -4.15. The summed E-state index contributed by atoms with van der Waals surface area (Å²) in [5, 5.41) is 9.99. The fourth-order valence-electron chi connectivity index (χ4n) is 3.22. The second-order valence-corrected chi connectivity index (χ2v) is 9.29. The molecule has 2 N–H and O–H groups in total. The summed E-state index contributed by atoms with van der Waals surface area (Å²) in [7, 11) is -0.125. The number of allylic oxidation sites excluding steroid dienone is 1. The van der Waals surface area contributed by atoms with Crippen molar-refractivity contribution in [2.75, 3.05) is 19.0 Å². The third kappa shape index (κ3) is 4.92. The lowest BCUT2D eigenvalue weighted by Gasteiger charge is -2.06. The van der Waals surface area contributed by atoms with Crippen LogP contribution in [0.15, 0.2) is 77.8 Å². The average Bonchev–Trinajstić information content (AvgIpc) is 3.32. The highest BCUT2D eigenvalue weighted by Gasteiger charge is 2.12. The second kappa shape index (κ2) is 9.00. The average molecular weight is 476 g/mol. The minimum Gasteiger partial charge on any atom is -0.361 e. The van der Waals surface area contributed by atoms with E-state index >= 15 is 0 Å². The van der Waals surface area contributed by atoms with Crippen molar-refractivity contribution in [3.63, 3.8) is 0 Å². The van der Waals surface area contributed by atoms with Crippen molar-refractivity contribution in [1.82, 2.24) is 14.8 Å². The van der Waals surface area contributed by atoms with Crippen LogP contribution in [0.5, 0.6) is 0 Å². The number of nitrogens with two attached hydrogens (primary N) is 1. The van der Waals surface area contributed by atoms with Crippen LogP contribution in [0.4, 0.5) is 5.82 Å². The molecule has 2 heterocycles. The molecule has 0 radical (unpaired) electrons. The topological polar surface area (TPSA) is 128 Å². The van der Waals surface area contributed by atoms with Gasteiger partial charge >= 0.3 is 0 Å². The van der Waals surface area contributed by atoms with E-state index in [1.807, 2.05) is 14.1 Å². The largest absolute Gasteiger partial charge is 0.361 e. The van der Waals surface area contributed by atoms with E-state index in [0.717, 1.165) is 0 Å². The van der Waals surface area contributed by atoms with Crippen molar-refractivity contribution >= 4 is 44.5 Å². The molecular weight excluding hydrogens is 454 g/mol. The number of hydrogen-bond acceptors (Lipinski definition) is 7. The van der Waals surface area contributed by atoms with Crippen LogP contribution in [0, 0.1) is 0 Å². The summed E-state index contributed by atoms with van der Waals surface area (Å²) >= 11 is 0. The molecular formula is C24H21N5O4S. The minimum absolute atomic E-state index is 0.00731. The number of carbonyl (C=O) groups excluding carboxylic acids is 2. The van der Waals surface area contributed by atoms with Crippen LogP contribution in [0.1, 0.15) is 26.4 Å². The predicted octanol–water partition coefficient (Wildman–Crippen LogP) is 2.73. The third-order valence-corrected chi connectivity index (χ3v) is 5.98. The van der Waals surface area contributed by atoms with Crippen LogP contribution in [-0.4, -0.2) is 49.0 Å². The zero-order valence-corrected chi connectivity index (χ0v) is 19.2. The summed E-state index contributed by atoms with van der Waals surface area (Å²) in [6.45, 7) is 0. The fraction of sp³-hybridized carbons (Fsp3) is 0.0833. The van der Waals surface area contributed by atoms with Crippen LogP contribution >= 0.6 is 0 Å². The van der Waals surface area contributed by atoms with Crippen molar-refractivity contribution in [3.8, 4) is 0 Å². The van der Waals surface area contributed by atoms with Gasteiger partial charge in [-0.25, -0.2) is 23.2 Å². The van der Waals surface area contributed by atoms with E-state index in [2.05, 4.69) is 10.1 Å². The number of benzene rings is 2. The molecule has 34 heavy (non-hydrogen) atoms. The first-order chi connectivity index (χ1) is 16.1. The van der Waals surface area contributed by atoms with Crippen molar-refractivity contribution in [2.45, 2.75) is 4.90 Å². The van der Waals surface area contributed by atoms with Gasteiger partial charge in [-0.2, -0.15) is 0 Å². The zero-order chi connectivity index (χ0) is 24.5. The molecule has 9 nitrogen and oxygen atoms in total. The van der Waals surface area contributed by atoms with Gasteiger partial charge in [0, 0.05) is 42.9 Å². The van der Waals surface area contributed by atoms with Crippen LogP contribution < -0.4 is 10.0 Å². The van der Waals surface area contributed by atoms with Gasteiger partial charge in [-0.15, -0.1) is 5.10 Å². The molecule has 0 amide bonds. The monoisotopic (exact) mass is 475 g/mol. The molecule has 0 unspecified atom stereocenters. The molecule has 0 bridgehead atoms. The number of aromatic nitrogens is 3. The van der Waals surface area contributed by atoms with Gasteiger partial charge in [0.1, 0.15) is 0 Å². The Labute approximate surface area is 196 Å². The summed E-state index contributed by atoms with van der Waals surface area (Å²) in [6, 6.07) is 15.8. The first-order valence-corrected chi connectivity index (χ1v) is 11.7. The van der Waals surface area contributed by atoms with Crippen LogP contribution in [0.3, 0.4) is 0 Å². The Morgan fingerprint density at radius 3 is 2.32 bits per heavy atom. The summed E-state index contributed by atoms with van der Waals surface area (Å²) in [6.07, 6.45) is 4.55. The summed E-state index contributed by atoms with van der Waals surface area (Å²) < 4.78 is 24.2. The number of ketones is 1.